The second kappa shape index (κ2) is 11.3. The minimum absolute atomic E-state index is 0.321. The standard InChI is InChI=1S/C28H25ClN2O3/c1-2-16-33-25-13-10-21(11-14-25)28(32)31-30-18-23-17-24(29)12-15-27(23)34-19-22-8-5-7-20-6-3-4-9-26(20)22/h3-15,17-18H,2,16,19H2,1H3,(H,31,32)/b30-18+. The van der Waals surface area contributed by atoms with Crippen molar-refractivity contribution in [2.75, 3.05) is 6.61 Å². The largest absolute Gasteiger partial charge is 0.494 e. The molecule has 0 aliphatic rings. The van der Waals surface area contributed by atoms with Gasteiger partial charge in [-0.1, -0.05) is 61.0 Å². The Morgan fingerprint density at radius 2 is 1.76 bits per heavy atom. The fourth-order valence-electron chi connectivity index (χ4n) is 3.47. The Labute approximate surface area is 204 Å². The van der Waals surface area contributed by atoms with Crippen molar-refractivity contribution >= 4 is 34.5 Å². The lowest BCUT2D eigenvalue weighted by atomic mass is 10.1. The highest BCUT2D eigenvalue weighted by molar-refractivity contribution is 6.30. The molecule has 172 valence electrons. The van der Waals surface area contributed by atoms with E-state index in [2.05, 4.69) is 28.7 Å². The first-order chi connectivity index (χ1) is 16.6. The van der Waals surface area contributed by atoms with Crippen LogP contribution in [0.3, 0.4) is 0 Å². The van der Waals surface area contributed by atoms with Gasteiger partial charge >= 0.3 is 0 Å². The molecule has 4 rings (SSSR count). The van der Waals surface area contributed by atoms with Gasteiger partial charge in [-0.3, -0.25) is 4.79 Å². The van der Waals surface area contributed by atoms with Gasteiger partial charge in [0, 0.05) is 16.1 Å². The molecule has 0 spiro atoms. The molecule has 6 heteroatoms. The molecule has 0 fully saturated rings. The summed E-state index contributed by atoms with van der Waals surface area (Å²) in [4.78, 5) is 12.4. The Hall–Kier alpha value is -3.83. The van der Waals surface area contributed by atoms with Crippen LogP contribution in [0.1, 0.15) is 34.8 Å². The van der Waals surface area contributed by atoms with E-state index in [0.717, 1.165) is 28.5 Å². The van der Waals surface area contributed by atoms with Gasteiger partial charge in [-0.05, 0) is 65.2 Å². The van der Waals surface area contributed by atoms with Crippen LogP contribution >= 0.6 is 11.6 Å². The summed E-state index contributed by atoms with van der Waals surface area (Å²) in [6.45, 7) is 3.07. The summed E-state index contributed by atoms with van der Waals surface area (Å²) in [6, 6.07) is 26.6. The van der Waals surface area contributed by atoms with Crippen molar-refractivity contribution in [2.24, 2.45) is 5.10 Å². The molecule has 0 aromatic heterocycles. The van der Waals surface area contributed by atoms with Crippen molar-refractivity contribution < 1.29 is 14.3 Å². The molecule has 0 heterocycles. The third-order valence-electron chi connectivity index (χ3n) is 5.19. The van der Waals surface area contributed by atoms with E-state index in [9.17, 15) is 4.79 Å². The summed E-state index contributed by atoms with van der Waals surface area (Å²) in [6.07, 6.45) is 2.45. The zero-order valence-electron chi connectivity index (χ0n) is 18.8. The van der Waals surface area contributed by atoms with Crippen molar-refractivity contribution in [3.8, 4) is 11.5 Å². The van der Waals surface area contributed by atoms with Crippen molar-refractivity contribution in [1.29, 1.82) is 0 Å². The number of hydrogen-bond donors (Lipinski definition) is 1. The van der Waals surface area contributed by atoms with Crippen molar-refractivity contribution in [1.82, 2.24) is 5.43 Å². The number of hydrogen-bond acceptors (Lipinski definition) is 4. The molecule has 34 heavy (non-hydrogen) atoms. The quantitative estimate of drug-likeness (QED) is 0.220. The van der Waals surface area contributed by atoms with E-state index in [1.807, 2.05) is 31.2 Å². The Morgan fingerprint density at radius 3 is 2.59 bits per heavy atom. The summed E-state index contributed by atoms with van der Waals surface area (Å²) >= 11 is 6.18. The minimum atomic E-state index is -0.321. The maximum atomic E-state index is 12.4. The average Bonchev–Trinajstić information content (AvgIpc) is 2.87. The average molecular weight is 473 g/mol. The van der Waals surface area contributed by atoms with E-state index in [1.165, 1.54) is 6.21 Å². The zero-order valence-corrected chi connectivity index (χ0v) is 19.6. The molecule has 1 N–H and O–H groups in total. The zero-order chi connectivity index (χ0) is 23.8. The molecule has 0 aliphatic carbocycles. The van der Waals surface area contributed by atoms with Gasteiger partial charge in [-0.25, -0.2) is 5.43 Å². The van der Waals surface area contributed by atoms with E-state index < -0.39 is 0 Å². The fraction of sp³-hybridized carbons (Fsp3) is 0.143. The Balaban J connectivity index is 1.43. The van der Waals surface area contributed by atoms with Crippen molar-refractivity contribution in [2.45, 2.75) is 20.0 Å². The van der Waals surface area contributed by atoms with Gasteiger partial charge in [0.25, 0.3) is 5.91 Å². The molecule has 4 aromatic carbocycles. The normalized spacial score (nSPS) is 11.0. The number of fused-ring (bicyclic) bond motifs is 1. The summed E-state index contributed by atoms with van der Waals surface area (Å²) in [5.74, 6) is 1.03. The number of carbonyl (C=O) groups excluding carboxylic acids is 1. The first kappa shape index (κ1) is 23.3. The number of halogens is 1. The molecule has 0 radical (unpaired) electrons. The fourth-order valence-corrected chi connectivity index (χ4v) is 3.65. The number of ether oxygens (including phenoxy) is 2. The molecular formula is C28H25ClN2O3. The Morgan fingerprint density at radius 1 is 0.971 bits per heavy atom. The first-order valence-electron chi connectivity index (χ1n) is 11.1. The van der Waals surface area contributed by atoms with Gasteiger partial charge in [0.2, 0.25) is 0 Å². The molecular weight excluding hydrogens is 448 g/mol. The predicted molar refractivity (Wildman–Crippen MR) is 137 cm³/mol. The molecule has 1 amide bonds. The lowest BCUT2D eigenvalue weighted by Crippen LogP contribution is -2.17. The van der Waals surface area contributed by atoms with E-state index in [4.69, 9.17) is 21.1 Å². The topological polar surface area (TPSA) is 59.9 Å². The third kappa shape index (κ3) is 5.94. The maximum Gasteiger partial charge on any atom is 0.271 e. The van der Waals surface area contributed by atoms with Crippen LogP contribution in [-0.4, -0.2) is 18.7 Å². The Kier molecular flexibility index (Phi) is 7.79. The van der Waals surface area contributed by atoms with E-state index in [0.29, 0.717) is 35.1 Å². The Bertz CT molecular complexity index is 1300. The molecule has 0 saturated carbocycles. The molecule has 0 unspecified atom stereocenters. The number of benzene rings is 4. The van der Waals surface area contributed by atoms with Gasteiger partial charge in [-0.2, -0.15) is 5.10 Å². The molecule has 5 nitrogen and oxygen atoms in total. The minimum Gasteiger partial charge on any atom is -0.494 e. The lowest BCUT2D eigenvalue weighted by molar-refractivity contribution is 0.0955. The smallest absolute Gasteiger partial charge is 0.271 e. The second-order valence-corrected chi connectivity index (χ2v) is 8.12. The number of hydrazone groups is 1. The number of nitrogens with zero attached hydrogens (tertiary/aromatic N) is 1. The van der Waals surface area contributed by atoms with E-state index in [-0.39, 0.29) is 5.91 Å². The summed E-state index contributed by atoms with van der Waals surface area (Å²) < 4.78 is 11.6. The predicted octanol–water partition coefficient (Wildman–Crippen LogP) is 6.62. The van der Waals surface area contributed by atoms with Crippen LogP contribution in [0.2, 0.25) is 5.02 Å². The monoisotopic (exact) mass is 472 g/mol. The first-order valence-corrected chi connectivity index (χ1v) is 11.5. The van der Waals surface area contributed by atoms with Crippen LogP contribution in [-0.2, 0) is 6.61 Å². The van der Waals surface area contributed by atoms with Crippen LogP contribution in [0.5, 0.6) is 11.5 Å². The highest BCUT2D eigenvalue weighted by atomic mass is 35.5. The lowest BCUT2D eigenvalue weighted by Gasteiger charge is -2.11. The maximum absolute atomic E-state index is 12.4. The van der Waals surface area contributed by atoms with Gasteiger partial charge < -0.3 is 9.47 Å². The number of nitrogens with one attached hydrogen (secondary N) is 1. The molecule has 0 saturated heterocycles. The molecule has 4 aromatic rings. The molecule has 0 atom stereocenters. The summed E-state index contributed by atoms with van der Waals surface area (Å²) in [5, 5.41) is 6.96. The van der Waals surface area contributed by atoms with Crippen molar-refractivity contribution in [3.05, 3.63) is 107 Å². The van der Waals surface area contributed by atoms with Crippen LogP contribution in [0.15, 0.2) is 90.0 Å². The molecule has 0 bridgehead atoms. The summed E-state index contributed by atoms with van der Waals surface area (Å²) in [5.41, 5.74) is 4.77. The third-order valence-corrected chi connectivity index (χ3v) is 5.43. The van der Waals surface area contributed by atoms with Gasteiger partial charge in [-0.15, -0.1) is 0 Å². The highest BCUT2D eigenvalue weighted by Crippen LogP contribution is 2.25. The van der Waals surface area contributed by atoms with Crippen molar-refractivity contribution in [3.63, 3.8) is 0 Å². The number of amides is 1. The number of rotatable bonds is 9. The van der Waals surface area contributed by atoms with Crippen LogP contribution in [0.4, 0.5) is 0 Å². The van der Waals surface area contributed by atoms with E-state index >= 15 is 0 Å². The SMILES string of the molecule is CCCOc1ccc(C(=O)N/N=C/c2cc(Cl)ccc2OCc2cccc3ccccc23)cc1. The van der Waals surface area contributed by atoms with Gasteiger partial charge in [0.1, 0.15) is 18.1 Å². The van der Waals surface area contributed by atoms with E-state index in [1.54, 1.807) is 42.5 Å². The highest BCUT2D eigenvalue weighted by Gasteiger charge is 2.08. The second-order valence-electron chi connectivity index (χ2n) is 7.68. The van der Waals surface area contributed by atoms with Gasteiger partial charge in [0.05, 0.1) is 12.8 Å². The van der Waals surface area contributed by atoms with Gasteiger partial charge in [0.15, 0.2) is 0 Å². The van der Waals surface area contributed by atoms with Crippen LogP contribution in [0, 0.1) is 0 Å². The number of carbonyl (C=O) groups is 1. The summed E-state index contributed by atoms with van der Waals surface area (Å²) in [7, 11) is 0. The van der Waals surface area contributed by atoms with Crippen LogP contribution in [0.25, 0.3) is 10.8 Å². The van der Waals surface area contributed by atoms with Crippen LogP contribution < -0.4 is 14.9 Å². The molecule has 0 aliphatic heterocycles.